The summed E-state index contributed by atoms with van der Waals surface area (Å²) in [7, 11) is 1.71. The number of carbonyl (C=O) groups excluding carboxylic acids is 2. The molecule has 2 atom stereocenters. The normalized spacial score (nSPS) is 26.0. The van der Waals surface area contributed by atoms with Crippen LogP contribution in [0.2, 0.25) is 0 Å². The number of benzene rings is 1. The molecule has 1 fully saturated rings. The summed E-state index contributed by atoms with van der Waals surface area (Å²) in [4.78, 5) is 26.8. The van der Waals surface area contributed by atoms with Gasteiger partial charge in [0.05, 0.1) is 5.69 Å². The zero-order valence-corrected chi connectivity index (χ0v) is 10.3. The topological polar surface area (TPSA) is 49.9 Å². The average Bonchev–Trinajstić information content (AvgIpc) is 2.69. The Labute approximate surface area is 105 Å². The molecule has 1 saturated heterocycles. The number of rotatable bonds is 0. The largest absolute Gasteiger partial charge is 0.359 e. The van der Waals surface area contributed by atoms with Gasteiger partial charge < -0.3 is 9.64 Å². The number of fused-ring (bicyclic) bond motifs is 3. The third-order valence-electron chi connectivity index (χ3n) is 3.55. The molecule has 0 radical (unpaired) electrons. The lowest BCUT2D eigenvalue weighted by Gasteiger charge is -2.38. The van der Waals surface area contributed by atoms with Crippen LogP contribution in [0.15, 0.2) is 24.3 Å². The van der Waals surface area contributed by atoms with E-state index < -0.39 is 0 Å². The average molecular weight is 246 g/mol. The fourth-order valence-electron chi connectivity index (χ4n) is 2.70. The van der Waals surface area contributed by atoms with Crippen LogP contribution in [0.5, 0.6) is 0 Å². The van der Waals surface area contributed by atoms with Gasteiger partial charge in [0, 0.05) is 19.5 Å². The lowest BCUT2D eigenvalue weighted by Crippen LogP contribution is -2.55. The maximum atomic E-state index is 11.8. The molecule has 0 N–H and O–H groups in total. The van der Waals surface area contributed by atoms with E-state index in [1.165, 1.54) is 6.92 Å². The van der Waals surface area contributed by atoms with E-state index in [9.17, 15) is 9.59 Å². The van der Waals surface area contributed by atoms with Gasteiger partial charge in [-0.05, 0) is 6.07 Å². The fraction of sp³-hybridized carbons (Fsp3) is 0.385. The van der Waals surface area contributed by atoms with Gasteiger partial charge >= 0.3 is 0 Å². The van der Waals surface area contributed by atoms with E-state index in [0.29, 0.717) is 0 Å². The SMILES string of the molecule is CC(=O)N1c2ccccc2C2OCC(=O)N(C)C21. The Bertz CT molecular complexity index is 529. The van der Waals surface area contributed by atoms with Gasteiger partial charge in [-0.3, -0.25) is 14.5 Å². The number of nitrogens with zero attached hydrogens (tertiary/aromatic N) is 2. The minimum Gasteiger partial charge on any atom is -0.359 e. The van der Waals surface area contributed by atoms with Gasteiger partial charge in [0.2, 0.25) is 11.8 Å². The molecular weight excluding hydrogens is 232 g/mol. The van der Waals surface area contributed by atoms with Crippen LogP contribution in [0.3, 0.4) is 0 Å². The van der Waals surface area contributed by atoms with Crippen molar-refractivity contribution in [2.75, 3.05) is 18.6 Å². The Balaban J connectivity index is 2.13. The van der Waals surface area contributed by atoms with Crippen LogP contribution in [0, 0.1) is 0 Å². The zero-order chi connectivity index (χ0) is 12.9. The van der Waals surface area contributed by atoms with Crippen molar-refractivity contribution in [3.63, 3.8) is 0 Å². The van der Waals surface area contributed by atoms with Crippen LogP contribution in [0.4, 0.5) is 5.69 Å². The van der Waals surface area contributed by atoms with Crippen LogP contribution in [0.25, 0.3) is 0 Å². The maximum absolute atomic E-state index is 11.8. The molecule has 2 aliphatic rings. The van der Waals surface area contributed by atoms with Crippen molar-refractivity contribution in [1.82, 2.24) is 4.90 Å². The van der Waals surface area contributed by atoms with Gasteiger partial charge in [0.1, 0.15) is 18.9 Å². The molecule has 0 spiro atoms. The summed E-state index contributed by atoms with van der Waals surface area (Å²) in [5.74, 6) is -0.185. The van der Waals surface area contributed by atoms with Crippen LogP contribution >= 0.6 is 0 Å². The van der Waals surface area contributed by atoms with Gasteiger partial charge in [-0.25, -0.2) is 0 Å². The molecule has 2 aliphatic heterocycles. The predicted molar refractivity (Wildman–Crippen MR) is 64.9 cm³/mol. The van der Waals surface area contributed by atoms with Crippen molar-refractivity contribution in [2.24, 2.45) is 0 Å². The van der Waals surface area contributed by atoms with Crippen molar-refractivity contribution in [3.05, 3.63) is 29.8 Å². The number of carbonyl (C=O) groups is 2. The Morgan fingerprint density at radius 1 is 1.39 bits per heavy atom. The highest BCUT2D eigenvalue weighted by Crippen LogP contribution is 2.44. The molecule has 18 heavy (non-hydrogen) atoms. The first-order valence-electron chi connectivity index (χ1n) is 5.87. The Morgan fingerprint density at radius 2 is 2.11 bits per heavy atom. The smallest absolute Gasteiger partial charge is 0.250 e. The first-order valence-corrected chi connectivity index (χ1v) is 5.87. The van der Waals surface area contributed by atoms with Crippen LogP contribution < -0.4 is 4.90 Å². The van der Waals surface area contributed by atoms with Crippen molar-refractivity contribution < 1.29 is 14.3 Å². The number of para-hydroxylation sites is 1. The van der Waals surface area contributed by atoms with Crippen molar-refractivity contribution in [2.45, 2.75) is 19.2 Å². The molecule has 1 aromatic carbocycles. The monoisotopic (exact) mass is 246 g/mol. The van der Waals surface area contributed by atoms with Gasteiger partial charge in [-0.2, -0.15) is 0 Å². The summed E-state index contributed by atoms with van der Waals surface area (Å²) >= 11 is 0. The fourth-order valence-corrected chi connectivity index (χ4v) is 2.70. The van der Waals surface area contributed by atoms with Gasteiger partial charge in [0.15, 0.2) is 0 Å². The number of likely N-dealkylation sites (N-methyl/N-ethyl adjacent to an activating group) is 1. The minimum atomic E-state index is -0.360. The van der Waals surface area contributed by atoms with Gasteiger partial charge in [0.25, 0.3) is 0 Å². The quantitative estimate of drug-likeness (QED) is 0.683. The molecule has 5 heteroatoms. The first kappa shape index (κ1) is 11.2. The summed E-state index contributed by atoms with van der Waals surface area (Å²) in [6, 6.07) is 7.63. The van der Waals surface area contributed by atoms with Gasteiger partial charge in [-0.1, -0.05) is 18.2 Å². The van der Waals surface area contributed by atoms with Crippen LogP contribution in [-0.4, -0.2) is 36.5 Å². The number of ether oxygens (including phenoxy) is 1. The molecule has 3 rings (SSSR count). The number of hydrogen-bond acceptors (Lipinski definition) is 3. The van der Waals surface area contributed by atoms with E-state index in [2.05, 4.69) is 0 Å². The van der Waals surface area contributed by atoms with Crippen LogP contribution in [-0.2, 0) is 14.3 Å². The summed E-state index contributed by atoms with van der Waals surface area (Å²) < 4.78 is 5.61. The molecule has 5 nitrogen and oxygen atoms in total. The summed E-state index contributed by atoms with van der Waals surface area (Å²) in [5.41, 5.74) is 1.80. The van der Waals surface area contributed by atoms with E-state index in [-0.39, 0.29) is 30.7 Å². The van der Waals surface area contributed by atoms with E-state index in [4.69, 9.17) is 4.74 Å². The molecule has 2 unspecified atom stereocenters. The molecule has 0 aromatic heterocycles. The summed E-state index contributed by atoms with van der Waals surface area (Å²) in [6.07, 6.45) is -0.603. The third-order valence-corrected chi connectivity index (χ3v) is 3.55. The van der Waals surface area contributed by atoms with E-state index in [1.807, 2.05) is 24.3 Å². The lowest BCUT2D eigenvalue weighted by atomic mass is 10.1. The second-order valence-electron chi connectivity index (χ2n) is 4.60. The summed E-state index contributed by atoms with van der Waals surface area (Å²) in [5, 5.41) is 0. The number of hydrogen-bond donors (Lipinski definition) is 0. The van der Waals surface area contributed by atoms with E-state index in [0.717, 1.165) is 11.3 Å². The Hall–Kier alpha value is -1.88. The van der Waals surface area contributed by atoms with E-state index >= 15 is 0 Å². The predicted octanol–water partition coefficient (Wildman–Crippen LogP) is 0.909. The van der Waals surface area contributed by atoms with E-state index in [1.54, 1.807) is 16.8 Å². The number of amides is 2. The molecule has 94 valence electrons. The van der Waals surface area contributed by atoms with Crippen LogP contribution in [0.1, 0.15) is 18.6 Å². The molecule has 1 aromatic rings. The molecule has 0 saturated carbocycles. The van der Waals surface area contributed by atoms with Crippen molar-refractivity contribution >= 4 is 17.5 Å². The van der Waals surface area contributed by atoms with Crippen molar-refractivity contribution in [1.29, 1.82) is 0 Å². The molecule has 0 bridgehead atoms. The highest BCUT2D eigenvalue weighted by molar-refractivity contribution is 5.96. The molecular formula is C13H14N2O3. The minimum absolute atomic E-state index is 0.0672. The number of anilines is 1. The Morgan fingerprint density at radius 3 is 2.83 bits per heavy atom. The summed E-state index contributed by atoms with van der Waals surface area (Å²) in [6.45, 7) is 1.57. The standard InChI is InChI=1S/C13H14N2O3/c1-8(16)15-10-6-4-3-5-9(10)12-13(15)14(2)11(17)7-18-12/h3-6,12-13H,7H2,1-2H3. The lowest BCUT2D eigenvalue weighted by molar-refractivity contribution is -0.154. The van der Waals surface area contributed by atoms with Crippen molar-refractivity contribution in [3.8, 4) is 0 Å². The maximum Gasteiger partial charge on any atom is 0.250 e. The highest BCUT2D eigenvalue weighted by Gasteiger charge is 2.47. The third kappa shape index (κ3) is 1.37. The molecule has 2 amide bonds. The number of morpholine rings is 1. The Kier molecular flexibility index (Phi) is 2.38. The second-order valence-corrected chi connectivity index (χ2v) is 4.60. The zero-order valence-electron chi connectivity index (χ0n) is 10.3. The highest BCUT2D eigenvalue weighted by atomic mass is 16.5. The molecule has 2 heterocycles. The first-order chi connectivity index (χ1) is 8.61. The molecule has 0 aliphatic carbocycles. The second kappa shape index (κ2) is 3.81. The van der Waals surface area contributed by atoms with Gasteiger partial charge in [-0.15, -0.1) is 0 Å².